The lowest BCUT2D eigenvalue weighted by Crippen LogP contribution is -2.42. The van der Waals surface area contributed by atoms with E-state index >= 15 is 0 Å². The van der Waals surface area contributed by atoms with Crippen LogP contribution < -0.4 is 11.1 Å². The number of hydrogen-bond acceptors (Lipinski definition) is 6. The largest absolute Gasteiger partial charge is 0.354 e. The van der Waals surface area contributed by atoms with Crippen molar-refractivity contribution in [2.45, 2.75) is 25.3 Å². The third-order valence-corrected chi connectivity index (χ3v) is 4.14. The van der Waals surface area contributed by atoms with E-state index in [9.17, 15) is 4.79 Å². The van der Waals surface area contributed by atoms with Crippen LogP contribution in [0, 0.1) is 0 Å². The van der Waals surface area contributed by atoms with E-state index < -0.39 is 0 Å². The minimum Gasteiger partial charge on any atom is -0.354 e. The Balaban J connectivity index is 1.57. The second-order valence-electron chi connectivity index (χ2n) is 4.74. The second-order valence-corrected chi connectivity index (χ2v) is 5.82. The summed E-state index contributed by atoms with van der Waals surface area (Å²) >= 11 is 1.78. The Hall–Kier alpha value is -1.34. The summed E-state index contributed by atoms with van der Waals surface area (Å²) in [6.07, 6.45) is 6.02. The van der Waals surface area contributed by atoms with Crippen molar-refractivity contribution in [3.63, 3.8) is 0 Å². The molecule has 1 atom stereocenters. The van der Waals surface area contributed by atoms with Gasteiger partial charge < -0.3 is 16.0 Å². The van der Waals surface area contributed by atoms with Crippen LogP contribution in [0.5, 0.6) is 0 Å². The van der Waals surface area contributed by atoms with Crippen molar-refractivity contribution in [2.24, 2.45) is 5.73 Å². The Morgan fingerprint density at radius 3 is 2.95 bits per heavy atom. The van der Waals surface area contributed by atoms with E-state index in [0.717, 1.165) is 44.0 Å². The maximum Gasteiger partial charge on any atom is 0.240 e. The fraction of sp³-hybridized carbons (Fsp3) is 0.615. The normalized spacial score (nSPS) is 16.1. The number of carbonyl (C=O) groups excluding carboxylic acids is 1. The molecule has 1 saturated heterocycles. The van der Waals surface area contributed by atoms with Gasteiger partial charge in [0.15, 0.2) is 0 Å². The van der Waals surface area contributed by atoms with Crippen LogP contribution in [0.1, 0.15) is 19.3 Å². The maximum atomic E-state index is 12.0. The fourth-order valence-corrected chi connectivity index (χ4v) is 2.98. The highest BCUT2D eigenvalue weighted by Gasteiger charge is 2.23. The van der Waals surface area contributed by atoms with Crippen LogP contribution in [-0.2, 0) is 4.79 Å². The van der Waals surface area contributed by atoms with Crippen molar-refractivity contribution >= 4 is 23.6 Å². The zero-order valence-electron chi connectivity index (χ0n) is 11.5. The molecule has 20 heavy (non-hydrogen) atoms. The van der Waals surface area contributed by atoms with Crippen LogP contribution in [0.15, 0.2) is 18.5 Å². The van der Waals surface area contributed by atoms with Crippen molar-refractivity contribution in [1.29, 1.82) is 0 Å². The predicted molar refractivity (Wildman–Crippen MR) is 81.4 cm³/mol. The highest BCUT2D eigenvalue weighted by molar-refractivity contribution is 7.99. The molecular weight excluding hydrogens is 274 g/mol. The zero-order valence-corrected chi connectivity index (χ0v) is 12.3. The monoisotopic (exact) mass is 295 g/mol. The number of carbonyl (C=O) groups is 1. The Morgan fingerprint density at radius 1 is 1.45 bits per heavy atom. The molecule has 1 amide bonds. The molecule has 0 spiro atoms. The van der Waals surface area contributed by atoms with E-state index in [4.69, 9.17) is 5.73 Å². The molecule has 6 nitrogen and oxygen atoms in total. The second kappa shape index (κ2) is 8.06. The zero-order chi connectivity index (χ0) is 14.2. The summed E-state index contributed by atoms with van der Waals surface area (Å²) in [6, 6.07) is 1.42. The van der Waals surface area contributed by atoms with Gasteiger partial charge in [0, 0.05) is 31.2 Å². The molecule has 0 bridgehead atoms. The van der Waals surface area contributed by atoms with Crippen LogP contribution in [0.4, 0.5) is 5.95 Å². The van der Waals surface area contributed by atoms with E-state index in [2.05, 4.69) is 15.3 Å². The average molecular weight is 295 g/mol. The van der Waals surface area contributed by atoms with Crippen molar-refractivity contribution < 1.29 is 4.79 Å². The molecule has 2 heterocycles. The molecule has 1 aromatic rings. The van der Waals surface area contributed by atoms with E-state index in [1.165, 1.54) is 0 Å². The summed E-state index contributed by atoms with van der Waals surface area (Å²) < 4.78 is 0. The average Bonchev–Trinajstić information content (AvgIpc) is 3.01. The van der Waals surface area contributed by atoms with Gasteiger partial charge in [-0.15, -0.1) is 11.8 Å². The van der Waals surface area contributed by atoms with Gasteiger partial charge >= 0.3 is 0 Å². The molecule has 1 fully saturated rings. The lowest BCUT2D eigenvalue weighted by molar-refractivity contribution is -0.131. The van der Waals surface area contributed by atoms with Gasteiger partial charge in [0.05, 0.1) is 11.9 Å². The SMILES string of the molecule is N[C@@H](CCCCNc1ncccn1)C(=O)N1CCSC1. The smallest absolute Gasteiger partial charge is 0.240 e. The van der Waals surface area contributed by atoms with Gasteiger partial charge in [0.25, 0.3) is 0 Å². The van der Waals surface area contributed by atoms with Crippen molar-refractivity contribution in [3.8, 4) is 0 Å². The molecular formula is C13H21N5OS. The van der Waals surface area contributed by atoms with Gasteiger partial charge in [-0.1, -0.05) is 0 Å². The molecule has 0 saturated carbocycles. The first-order valence-electron chi connectivity index (χ1n) is 6.90. The summed E-state index contributed by atoms with van der Waals surface area (Å²) in [5.41, 5.74) is 5.94. The number of nitrogens with two attached hydrogens (primary N) is 1. The van der Waals surface area contributed by atoms with Gasteiger partial charge in [-0.25, -0.2) is 9.97 Å². The molecule has 0 aromatic carbocycles. The Morgan fingerprint density at radius 2 is 2.25 bits per heavy atom. The Kier molecular flexibility index (Phi) is 6.07. The van der Waals surface area contributed by atoms with E-state index in [1.54, 1.807) is 30.2 Å². The predicted octanol–water partition coefficient (Wildman–Crippen LogP) is 0.919. The molecule has 0 aliphatic carbocycles. The number of unbranched alkanes of at least 4 members (excludes halogenated alkanes) is 1. The summed E-state index contributed by atoms with van der Waals surface area (Å²) in [7, 11) is 0. The standard InChI is InChI=1S/C13H21N5OS/c14-11(12(19)18-8-9-20-10-18)4-1-2-5-15-13-16-6-3-7-17-13/h3,6-7,11H,1-2,4-5,8-10,14H2,(H,15,16,17)/t11-/m0/s1. The van der Waals surface area contributed by atoms with Gasteiger partial charge in [0.1, 0.15) is 0 Å². The maximum absolute atomic E-state index is 12.0. The number of amides is 1. The van der Waals surface area contributed by atoms with Crippen LogP contribution >= 0.6 is 11.8 Å². The third-order valence-electron chi connectivity index (χ3n) is 3.17. The number of rotatable bonds is 7. The van der Waals surface area contributed by atoms with Crippen LogP contribution in [0.2, 0.25) is 0 Å². The number of thioether (sulfide) groups is 1. The molecule has 2 rings (SSSR count). The molecule has 1 aromatic heterocycles. The van der Waals surface area contributed by atoms with E-state index in [-0.39, 0.29) is 11.9 Å². The number of aromatic nitrogens is 2. The molecule has 110 valence electrons. The molecule has 7 heteroatoms. The van der Waals surface area contributed by atoms with Gasteiger partial charge in [-0.05, 0) is 25.3 Å². The third kappa shape index (κ3) is 4.64. The topological polar surface area (TPSA) is 84.1 Å². The lowest BCUT2D eigenvalue weighted by Gasteiger charge is -2.19. The van der Waals surface area contributed by atoms with E-state index in [1.807, 2.05) is 4.90 Å². The molecule has 1 aliphatic rings. The highest BCUT2D eigenvalue weighted by Crippen LogP contribution is 2.15. The number of nitrogens with zero attached hydrogens (tertiary/aromatic N) is 3. The van der Waals surface area contributed by atoms with Gasteiger partial charge in [0.2, 0.25) is 11.9 Å². The molecule has 1 aliphatic heterocycles. The minimum absolute atomic E-state index is 0.0920. The highest BCUT2D eigenvalue weighted by atomic mass is 32.2. The first-order chi connectivity index (χ1) is 9.77. The van der Waals surface area contributed by atoms with E-state index in [0.29, 0.717) is 5.95 Å². The van der Waals surface area contributed by atoms with Crippen LogP contribution in [0.3, 0.4) is 0 Å². The Labute approximate surface area is 123 Å². The quantitative estimate of drug-likeness (QED) is 0.728. The van der Waals surface area contributed by atoms with Crippen LogP contribution in [0.25, 0.3) is 0 Å². The molecule has 3 N–H and O–H groups in total. The summed E-state index contributed by atoms with van der Waals surface area (Å²) in [4.78, 5) is 22.0. The minimum atomic E-state index is -0.360. The summed E-state index contributed by atoms with van der Waals surface area (Å²) in [5, 5.41) is 3.14. The van der Waals surface area contributed by atoms with Gasteiger partial charge in [-0.3, -0.25) is 4.79 Å². The number of anilines is 1. The Bertz CT molecular complexity index is 410. The fourth-order valence-electron chi connectivity index (χ4n) is 2.03. The van der Waals surface area contributed by atoms with Crippen molar-refractivity contribution in [1.82, 2.24) is 14.9 Å². The van der Waals surface area contributed by atoms with Crippen molar-refractivity contribution in [3.05, 3.63) is 18.5 Å². The van der Waals surface area contributed by atoms with Crippen LogP contribution in [-0.4, -0.2) is 51.5 Å². The molecule has 0 radical (unpaired) electrons. The lowest BCUT2D eigenvalue weighted by atomic mass is 10.1. The first-order valence-corrected chi connectivity index (χ1v) is 8.06. The number of nitrogens with one attached hydrogen (secondary N) is 1. The summed E-state index contributed by atoms with van der Waals surface area (Å²) in [5.74, 6) is 2.55. The molecule has 0 unspecified atom stereocenters. The van der Waals surface area contributed by atoms with Crippen molar-refractivity contribution in [2.75, 3.05) is 30.0 Å². The summed E-state index contributed by atoms with van der Waals surface area (Å²) in [6.45, 7) is 1.63. The first kappa shape index (κ1) is 15.1. The number of hydrogen-bond donors (Lipinski definition) is 2. The van der Waals surface area contributed by atoms with Gasteiger partial charge in [-0.2, -0.15) is 0 Å².